The number of aliphatic carboxylic acids is 1. The van der Waals surface area contributed by atoms with E-state index >= 15 is 0 Å². The van der Waals surface area contributed by atoms with E-state index in [1.54, 1.807) is 11.8 Å². The number of piperidine rings is 1. The Kier molecular flexibility index (Phi) is 5.67. The van der Waals surface area contributed by atoms with Crippen molar-refractivity contribution in [3.05, 3.63) is 11.9 Å². The van der Waals surface area contributed by atoms with Gasteiger partial charge >= 0.3 is 5.97 Å². The Morgan fingerprint density at radius 2 is 2.17 bits per heavy atom. The molecule has 2 amide bonds. The van der Waals surface area contributed by atoms with Gasteiger partial charge < -0.3 is 15.3 Å². The molecule has 1 aliphatic heterocycles. The third-order valence-electron chi connectivity index (χ3n) is 3.76. The lowest BCUT2D eigenvalue weighted by Crippen LogP contribution is -2.51. The molecule has 23 heavy (non-hydrogen) atoms. The summed E-state index contributed by atoms with van der Waals surface area (Å²) in [4.78, 5) is 36.5. The van der Waals surface area contributed by atoms with Crippen molar-refractivity contribution in [1.29, 1.82) is 0 Å². The van der Waals surface area contributed by atoms with E-state index in [0.717, 1.165) is 12.8 Å². The number of carboxylic acid groups (broad SMARTS) is 1. The minimum Gasteiger partial charge on any atom is -0.480 e. The van der Waals surface area contributed by atoms with E-state index in [-0.39, 0.29) is 24.9 Å². The van der Waals surface area contributed by atoms with Crippen molar-refractivity contribution in [2.45, 2.75) is 51.7 Å². The van der Waals surface area contributed by atoms with Gasteiger partial charge in [-0.1, -0.05) is 12.1 Å². The predicted molar refractivity (Wildman–Crippen MR) is 79.1 cm³/mol. The van der Waals surface area contributed by atoms with Gasteiger partial charge in [0.15, 0.2) is 0 Å². The second-order valence-electron chi connectivity index (χ2n) is 5.47. The molecule has 0 aromatic carbocycles. The average Bonchev–Trinajstić information content (AvgIpc) is 2.98. The molecule has 1 aromatic rings. The summed E-state index contributed by atoms with van der Waals surface area (Å²) in [5.41, 5.74) is 0.476. The molecule has 2 heterocycles. The molecular weight excluding hydrogens is 302 g/mol. The Bertz CT molecular complexity index is 585. The maximum absolute atomic E-state index is 12.3. The molecule has 0 spiro atoms. The highest BCUT2D eigenvalue weighted by Crippen LogP contribution is 2.18. The van der Waals surface area contributed by atoms with Crippen LogP contribution in [0.5, 0.6) is 0 Å². The van der Waals surface area contributed by atoms with Crippen LogP contribution in [0.25, 0.3) is 0 Å². The van der Waals surface area contributed by atoms with Crippen molar-refractivity contribution in [1.82, 2.24) is 25.2 Å². The van der Waals surface area contributed by atoms with Crippen molar-refractivity contribution < 1.29 is 19.5 Å². The van der Waals surface area contributed by atoms with Gasteiger partial charge in [-0.25, -0.2) is 4.68 Å². The number of rotatable bonds is 6. The van der Waals surface area contributed by atoms with Crippen LogP contribution in [0.3, 0.4) is 0 Å². The van der Waals surface area contributed by atoms with Gasteiger partial charge in [0.05, 0.1) is 12.7 Å². The number of amides is 2. The highest BCUT2D eigenvalue weighted by molar-refractivity contribution is 5.87. The van der Waals surface area contributed by atoms with E-state index in [9.17, 15) is 14.4 Å². The lowest BCUT2D eigenvalue weighted by atomic mass is 10.0. The van der Waals surface area contributed by atoms with Gasteiger partial charge in [0, 0.05) is 13.0 Å². The van der Waals surface area contributed by atoms with Crippen molar-refractivity contribution in [2.75, 3.05) is 6.54 Å². The average molecular weight is 323 g/mol. The van der Waals surface area contributed by atoms with Crippen LogP contribution in [0, 0.1) is 0 Å². The maximum atomic E-state index is 12.3. The lowest BCUT2D eigenvalue weighted by molar-refractivity contribution is -0.142. The number of nitrogens with one attached hydrogen (secondary N) is 1. The second kappa shape index (κ2) is 7.70. The first-order valence-corrected chi connectivity index (χ1v) is 7.69. The molecule has 1 saturated heterocycles. The minimum atomic E-state index is -1.01. The topological polar surface area (TPSA) is 117 Å². The van der Waals surface area contributed by atoms with Crippen LogP contribution < -0.4 is 5.32 Å². The molecule has 2 rings (SSSR count). The fourth-order valence-electron chi connectivity index (χ4n) is 2.64. The Morgan fingerprint density at radius 1 is 1.39 bits per heavy atom. The third kappa shape index (κ3) is 4.51. The van der Waals surface area contributed by atoms with Crippen molar-refractivity contribution >= 4 is 17.8 Å². The number of carbonyl (C=O) groups excluding carboxylic acids is 2. The summed E-state index contributed by atoms with van der Waals surface area (Å²) in [7, 11) is 0. The Hall–Kier alpha value is -2.45. The van der Waals surface area contributed by atoms with Crippen LogP contribution in [0.2, 0.25) is 0 Å². The normalized spacial score (nSPS) is 17.8. The first-order valence-electron chi connectivity index (χ1n) is 7.69. The molecule has 1 aromatic heterocycles. The minimum absolute atomic E-state index is 0.0164. The number of hydrogen-bond donors (Lipinski definition) is 2. The van der Waals surface area contributed by atoms with Crippen LogP contribution in [-0.2, 0) is 27.5 Å². The summed E-state index contributed by atoms with van der Waals surface area (Å²) in [5, 5.41) is 18.9. The second-order valence-corrected chi connectivity index (χ2v) is 5.47. The molecule has 0 radical (unpaired) electrons. The molecule has 1 unspecified atom stereocenters. The molecular formula is C14H21N5O4. The van der Waals surface area contributed by atoms with Gasteiger partial charge in [-0.2, -0.15) is 0 Å². The number of aromatic nitrogens is 3. The predicted octanol–water partition coefficient (Wildman–Crippen LogP) is -0.230. The van der Waals surface area contributed by atoms with Crippen molar-refractivity contribution in [3.63, 3.8) is 0 Å². The largest absolute Gasteiger partial charge is 0.480 e. The van der Waals surface area contributed by atoms with Crippen LogP contribution in [0.15, 0.2) is 6.20 Å². The monoisotopic (exact) mass is 323 g/mol. The summed E-state index contributed by atoms with van der Waals surface area (Å²) in [6, 6.07) is -0.440. The molecule has 0 bridgehead atoms. The number of hydrogen-bond acceptors (Lipinski definition) is 5. The first kappa shape index (κ1) is 16.9. The van der Waals surface area contributed by atoms with E-state index in [1.165, 1.54) is 10.9 Å². The number of carboxylic acids is 1. The highest BCUT2D eigenvalue weighted by Gasteiger charge is 2.31. The maximum Gasteiger partial charge on any atom is 0.325 e. The molecule has 9 nitrogen and oxygen atoms in total. The zero-order valence-corrected chi connectivity index (χ0v) is 13.1. The Morgan fingerprint density at radius 3 is 2.87 bits per heavy atom. The molecule has 0 aliphatic carbocycles. The van der Waals surface area contributed by atoms with Crippen LogP contribution >= 0.6 is 0 Å². The first-order chi connectivity index (χ1) is 11.0. The van der Waals surface area contributed by atoms with E-state index in [4.69, 9.17) is 5.11 Å². The van der Waals surface area contributed by atoms with Crippen molar-refractivity contribution in [2.24, 2.45) is 0 Å². The molecule has 0 saturated carbocycles. The van der Waals surface area contributed by atoms with Gasteiger partial charge in [-0.15, -0.1) is 5.10 Å². The van der Waals surface area contributed by atoms with Crippen molar-refractivity contribution in [3.8, 4) is 0 Å². The van der Waals surface area contributed by atoms with Gasteiger partial charge in [0.2, 0.25) is 11.8 Å². The van der Waals surface area contributed by atoms with E-state index in [1.807, 2.05) is 0 Å². The summed E-state index contributed by atoms with van der Waals surface area (Å²) in [6.45, 7) is 2.28. The summed E-state index contributed by atoms with van der Waals surface area (Å²) >= 11 is 0. The number of likely N-dealkylation sites (tertiary alicyclic amines) is 1. The van der Waals surface area contributed by atoms with Gasteiger partial charge in [0.25, 0.3) is 0 Å². The quantitative estimate of drug-likeness (QED) is 0.747. The molecule has 1 aliphatic rings. The molecule has 1 fully saturated rings. The summed E-state index contributed by atoms with van der Waals surface area (Å²) in [6.07, 6.45) is 4.35. The van der Waals surface area contributed by atoms with Gasteiger partial charge in [0.1, 0.15) is 18.3 Å². The fraction of sp³-hybridized carbons (Fsp3) is 0.643. The fourth-order valence-corrected chi connectivity index (χ4v) is 2.64. The smallest absolute Gasteiger partial charge is 0.325 e. The number of nitrogens with zero attached hydrogens (tertiary/aromatic N) is 4. The standard InChI is InChI=1S/C14H21N5O4/c1-2-12(20)19-6-4-3-5-11(19)14(23)15-7-10-8-18(17-16-10)9-13(21)22/h8,11H,2-7,9H2,1H3,(H,15,23)(H,21,22). The Labute approximate surface area is 133 Å². The van der Waals surface area contributed by atoms with E-state index in [0.29, 0.717) is 25.1 Å². The molecule has 2 N–H and O–H groups in total. The SMILES string of the molecule is CCC(=O)N1CCCCC1C(=O)NCc1cn(CC(=O)O)nn1. The molecule has 1 atom stereocenters. The number of carbonyl (C=O) groups is 3. The van der Waals surface area contributed by atoms with Crippen LogP contribution in [0.1, 0.15) is 38.3 Å². The van der Waals surface area contributed by atoms with E-state index < -0.39 is 12.0 Å². The van der Waals surface area contributed by atoms with Crippen LogP contribution in [-0.4, -0.2) is 55.4 Å². The summed E-state index contributed by atoms with van der Waals surface area (Å²) in [5.74, 6) is -1.24. The summed E-state index contributed by atoms with van der Waals surface area (Å²) < 4.78 is 1.19. The van der Waals surface area contributed by atoms with Crippen LogP contribution in [0.4, 0.5) is 0 Å². The zero-order chi connectivity index (χ0) is 16.8. The van der Waals surface area contributed by atoms with Gasteiger partial charge in [-0.05, 0) is 19.3 Å². The van der Waals surface area contributed by atoms with E-state index in [2.05, 4.69) is 15.6 Å². The highest BCUT2D eigenvalue weighted by atomic mass is 16.4. The lowest BCUT2D eigenvalue weighted by Gasteiger charge is -2.34. The Balaban J connectivity index is 1.91. The third-order valence-corrected chi connectivity index (χ3v) is 3.76. The molecule has 126 valence electrons. The van der Waals surface area contributed by atoms with Gasteiger partial charge in [-0.3, -0.25) is 14.4 Å². The zero-order valence-electron chi connectivity index (χ0n) is 13.1. The molecule has 9 heteroatoms.